The fourth-order valence-corrected chi connectivity index (χ4v) is 2.31. The van der Waals surface area contributed by atoms with Gasteiger partial charge in [0.2, 0.25) is 0 Å². The Hall–Kier alpha value is -2.16. The minimum absolute atomic E-state index is 0.192. The summed E-state index contributed by atoms with van der Waals surface area (Å²) in [5, 5.41) is 0. The van der Waals surface area contributed by atoms with E-state index in [0.29, 0.717) is 12.2 Å². The van der Waals surface area contributed by atoms with Crippen LogP contribution in [-0.2, 0) is 6.42 Å². The first kappa shape index (κ1) is 11.0. The largest absolute Gasteiger partial charge is 0.399 e. The van der Waals surface area contributed by atoms with Crippen molar-refractivity contribution in [2.24, 2.45) is 4.99 Å². The van der Waals surface area contributed by atoms with E-state index < -0.39 is 0 Å². The second-order valence-corrected chi connectivity index (χ2v) is 4.41. The third-order valence-corrected chi connectivity index (χ3v) is 3.13. The van der Waals surface area contributed by atoms with Crippen molar-refractivity contribution in [3.63, 3.8) is 0 Å². The molecule has 0 spiro atoms. The fraction of sp³-hybridized carbons (Fsp3) is 0.133. The third-order valence-electron chi connectivity index (χ3n) is 3.13. The lowest BCUT2D eigenvalue weighted by molar-refractivity contribution is 0.625. The van der Waals surface area contributed by atoms with E-state index in [1.807, 2.05) is 24.3 Å². The number of anilines is 1. The van der Waals surface area contributed by atoms with Gasteiger partial charge in [0, 0.05) is 23.4 Å². The average Bonchev–Trinajstić information content (AvgIpc) is 2.37. The maximum atomic E-state index is 13.2. The van der Waals surface area contributed by atoms with E-state index in [-0.39, 0.29) is 5.82 Å². The van der Waals surface area contributed by atoms with Crippen LogP contribution in [0.5, 0.6) is 0 Å². The molecule has 2 aromatic carbocycles. The zero-order chi connectivity index (χ0) is 12.5. The van der Waals surface area contributed by atoms with E-state index in [2.05, 4.69) is 4.99 Å². The summed E-state index contributed by atoms with van der Waals surface area (Å²) in [6, 6.07) is 12.5. The van der Waals surface area contributed by atoms with E-state index >= 15 is 0 Å². The number of nitrogens with zero attached hydrogens (tertiary/aromatic N) is 1. The summed E-state index contributed by atoms with van der Waals surface area (Å²) >= 11 is 0. The van der Waals surface area contributed by atoms with Gasteiger partial charge in [-0.3, -0.25) is 4.99 Å². The van der Waals surface area contributed by atoms with E-state index in [4.69, 9.17) is 5.73 Å². The Morgan fingerprint density at radius 3 is 2.83 bits per heavy atom. The highest BCUT2D eigenvalue weighted by molar-refractivity contribution is 6.14. The zero-order valence-corrected chi connectivity index (χ0v) is 9.86. The van der Waals surface area contributed by atoms with Crippen LogP contribution in [0.2, 0.25) is 0 Å². The van der Waals surface area contributed by atoms with Crippen molar-refractivity contribution in [2.45, 2.75) is 6.42 Å². The number of fused-ring (bicyclic) bond motifs is 1. The number of nitrogen functional groups attached to an aromatic ring is 1. The highest BCUT2D eigenvalue weighted by Gasteiger charge is 2.16. The minimum atomic E-state index is -0.192. The van der Waals surface area contributed by atoms with E-state index in [1.54, 1.807) is 12.1 Å². The predicted octanol–water partition coefficient (Wildman–Crippen LogP) is 2.80. The van der Waals surface area contributed by atoms with Gasteiger partial charge in [-0.2, -0.15) is 0 Å². The first-order chi connectivity index (χ1) is 8.74. The van der Waals surface area contributed by atoms with Crippen LogP contribution in [0.3, 0.4) is 0 Å². The van der Waals surface area contributed by atoms with Gasteiger partial charge in [0.15, 0.2) is 0 Å². The summed E-state index contributed by atoms with van der Waals surface area (Å²) in [5.41, 5.74) is 10.4. The Bertz CT molecular complexity index is 632. The molecule has 18 heavy (non-hydrogen) atoms. The van der Waals surface area contributed by atoms with E-state index in [0.717, 1.165) is 28.8 Å². The van der Waals surface area contributed by atoms with Crippen LogP contribution in [0.1, 0.15) is 16.7 Å². The number of aliphatic imine (C=N–C) groups is 1. The number of hydrogen-bond acceptors (Lipinski definition) is 2. The molecule has 0 amide bonds. The maximum Gasteiger partial charge on any atom is 0.123 e. The SMILES string of the molecule is Nc1cccc(C2=NCCc3cc(F)ccc32)c1. The molecule has 90 valence electrons. The van der Waals surface area contributed by atoms with Crippen molar-refractivity contribution in [1.82, 2.24) is 0 Å². The Morgan fingerprint density at radius 1 is 1.11 bits per heavy atom. The molecule has 0 unspecified atom stereocenters. The number of rotatable bonds is 1. The summed E-state index contributed by atoms with van der Waals surface area (Å²) in [4.78, 5) is 4.55. The van der Waals surface area contributed by atoms with Crippen molar-refractivity contribution in [1.29, 1.82) is 0 Å². The molecular weight excluding hydrogens is 227 g/mol. The molecule has 3 rings (SSSR count). The number of hydrogen-bond donors (Lipinski definition) is 1. The topological polar surface area (TPSA) is 38.4 Å². The average molecular weight is 240 g/mol. The first-order valence-corrected chi connectivity index (χ1v) is 5.93. The molecule has 0 aromatic heterocycles. The Kier molecular flexibility index (Phi) is 2.59. The Labute approximate surface area is 105 Å². The molecule has 2 aromatic rings. The summed E-state index contributed by atoms with van der Waals surface area (Å²) in [6.45, 7) is 0.695. The molecule has 0 saturated carbocycles. The molecule has 2 nitrogen and oxygen atoms in total. The number of nitrogens with two attached hydrogens (primary N) is 1. The normalized spacial score (nSPS) is 13.9. The van der Waals surface area contributed by atoms with Crippen molar-refractivity contribution in [3.8, 4) is 0 Å². The Balaban J connectivity index is 2.12. The first-order valence-electron chi connectivity index (χ1n) is 5.93. The van der Waals surface area contributed by atoms with Crippen molar-refractivity contribution >= 4 is 11.4 Å². The maximum absolute atomic E-state index is 13.2. The van der Waals surface area contributed by atoms with Gasteiger partial charge in [0.05, 0.1) is 5.71 Å². The lowest BCUT2D eigenvalue weighted by Crippen LogP contribution is -2.14. The van der Waals surface area contributed by atoms with Crippen LogP contribution < -0.4 is 5.73 Å². The van der Waals surface area contributed by atoms with Gasteiger partial charge in [0.25, 0.3) is 0 Å². The Morgan fingerprint density at radius 2 is 2.00 bits per heavy atom. The molecule has 0 atom stereocenters. The molecule has 0 bridgehead atoms. The lowest BCUT2D eigenvalue weighted by atomic mass is 9.93. The second kappa shape index (κ2) is 4.26. The highest BCUT2D eigenvalue weighted by atomic mass is 19.1. The van der Waals surface area contributed by atoms with Crippen molar-refractivity contribution < 1.29 is 4.39 Å². The standard InChI is InChI=1S/C15H13FN2/c16-12-4-5-14-10(8-12)6-7-18-15(14)11-2-1-3-13(17)9-11/h1-5,8-9H,6-7,17H2. The molecule has 0 aliphatic carbocycles. The third kappa shape index (κ3) is 1.88. The summed E-state index contributed by atoms with van der Waals surface area (Å²) in [5.74, 6) is -0.192. The molecule has 1 aliphatic heterocycles. The molecule has 0 radical (unpaired) electrons. The molecule has 0 fully saturated rings. The van der Waals surface area contributed by atoms with Crippen LogP contribution in [-0.4, -0.2) is 12.3 Å². The van der Waals surface area contributed by atoms with Gasteiger partial charge < -0.3 is 5.73 Å². The quantitative estimate of drug-likeness (QED) is 0.765. The molecule has 1 heterocycles. The minimum Gasteiger partial charge on any atom is -0.399 e. The fourth-order valence-electron chi connectivity index (χ4n) is 2.31. The molecule has 3 heteroatoms. The van der Waals surface area contributed by atoms with Crippen LogP contribution in [0.15, 0.2) is 47.5 Å². The van der Waals surface area contributed by atoms with Gasteiger partial charge in [0.1, 0.15) is 5.82 Å². The van der Waals surface area contributed by atoms with Crippen LogP contribution in [0.4, 0.5) is 10.1 Å². The summed E-state index contributed by atoms with van der Waals surface area (Å²) < 4.78 is 13.2. The van der Waals surface area contributed by atoms with Gasteiger partial charge in [-0.25, -0.2) is 4.39 Å². The van der Waals surface area contributed by atoms with E-state index in [1.165, 1.54) is 6.07 Å². The summed E-state index contributed by atoms with van der Waals surface area (Å²) in [7, 11) is 0. The monoisotopic (exact) mass is 240 g/mol. The van der Waals surface area contributed by atoms with Crippen molar-refractivity contribution in [3.05, 3.63) is 65.0 Å². The number of halogens is 1. The lowest BCUT2D eigenvalue weighted by Gasteiger charge is -2.17. The van der Waals surface area contributed by atoms with E-state index in [9.17, 15) is 4.39 Å². The smallest absolute Gasteiger partial charge is 0.123 e. The van der Waals surface area contributed by atoms with Gasteiger partial charge in [-0.15, -0.1) is 0 Å². The molecule has 2 N–H and O–H groups in total. The van der Waals surface area contributed by atoms with Crippen LogP contribution in [0, 0.1) is 5.82 Å². The number of benzene rings is 2. The highest BCUT2D eigenvalue weighted by Crippen LogP contribution is 2.22. The van der Waals surface area contributed by atoms with Crippen LogP contribution in [0.25, 0.3) is 0 Å². The van der Waals surface area contributed by atoms with Gasteiger partial charge in [-0.1, -0.05) is 12.1 Å². The molecule has 1 aliphatic rings. The van der Waals surface area contributed by atoms with Gasteiger partial charge >= 0.3 is 0 Å². The zero-order valence-electron chi connectivity index (χ0n) is 9.86. The molecule has 0 saturated heterocycles. The second-order valence-electron chi connectivity index (χ2n) is 4.41. The van der Waals surface area contributed by atoms with Gasteiger partial charge in [-0.05, 0) is 42.3 Å². The predicted molar refractivity (Wildman–Crippen MR) is 71.5 cm³/mol. The van der Waals surface area contributed by atoms with Crippen LogP contribution >= 0.6 is 0 Å². The summed E-state index contributed by atoms with van der Waals surface area (Å²) in [6.07, 6.45) is 0.791. The van der Waals surface area contributed by atoms with Crippen molar-refractivity contribution in [2.75, 3.05) is 12.3 Å². The molecular formula is C15H13FN2.